The number of sulfonamides is 1. The maximum atomic E-state index is 12.1. The van der Waals surface area contributed by atoms with Crippen LogP contribution in [0.4, 0.5) is 5.69 Å². The molecule has 0 amide bonds. The van der Waals surface area contributed by atoms with E-state index in [9.17, 15) is 18.5 Å². The molecule has 1 N–H and O–H groups in total. The summed E-state index contributed by atoms with van der Waals surface area (Å²) in [7, 11) is -3.53. The molecule has 1 aromatic heterocycles. The van der Waals surface area contributed by atoms with E-state index in [1.165, 1.54) is 18.2 Å². The summed E-state index contributed by atoms with van der Waals surface area (Å²) in [5.41, 5.74) is 1.37. The standard InChI is InChI=1S/C14H16N2O4S2/c1-11(13-5-6-21-9-13)8-15-22(19,20)10-12-3-2-4-14(7-12)16(17)18/h2-7,9,11,15H,8,10H2,1H3/t11-/m1/s1. The molecule has 8 heteroatoms. The number of rotatable bonds is 7. The third-order valence-corrected chi connectivity index (χ3v) is 5.22. The van der Waals surface area contributed by atoms with E-state index in [0.29, 0.717) is 12.1 Å². The third-order valence-electron chi connectivity index (χ3n) is 3.20. The topological polar surface area (TPSA) is 89.3 Å². The first kappa shape index (κ1) is 16.6. The van der Waals surface area contributed by atoms with Gasteiger partial charge in [0.2, 0.25) is 10.0 Å². The average Bonchev–Trinajstić information content (AvgIpc) is 2.99. The van der Waals surface area contributed by atoms with Crippen LogP contribution in [0.2, 0.25) is 0 Å². The van der Waals surface area contributed by atoms with Crippen LogP contribution in [0.15, 0.2) is 41.1 Å². The van der Waals surface area contributed by atoms with Crippen molar-refractivity contribution in [2.45, 2.75) is 18.6 Å². The van der Waals surface area contributed by atoms with Crippen molar-refractivity contribution in [1.29, 1.82) is 0 Å². The molecule has 2 rings (SSSR count). The molecule has 1 heterocycles. The Bertz CT molecular complexity index is 742. The fourth-order valence-corrected chi connectivity index (χ4v) is 3.96. The first-order chi connectivity index (χ1) is 10.4. The van der Waals surface area contributed by atoms with Crippen LogP contribution in [0.5, 0.6) is 0 Å². The Morgan fingerprint density at radius 1 is 1.36 bits per heavy atom. The van der Waals surface area contributed by atoms with Gasteiger partial charge in [0.15, 0.2) is 0 Å². The number of benzene rings is 1. The Morgan fingerprint density at radius 2 is 2.14 bits per heavy atom. The summed E-state index contributed by atoms with van der Waals surface area (Å²) in [4.78, 5) is 10.2. The molecular weight excluding hydrogens is 324 g/mol. The van der Waals surface area contributed by atoms with E-state index in [1.807, 2.05) is 23.8 Å². The molecule has 6 nitrogen and oxygen atoms in total. The van der Waals surface area contributed by atoms with Crippen molar-refractivity contribution in [3.63, 3.8) is 0 Å². The van der Waals surface area contributed by atoms with E-state index in [4.69, 9.17) is 0 Å². The summed E-state index contributed by atoms with van der Waals surface area (Å²) >= 11 is 1.57. The lowest BCUT2D eigenvalue weighted by atomic mass is 10.1. The fraction of sp³-hybridized carbons (Fsp3) is 0.286. The summed E-state index contributed by atoms with van der Waals surface area (Å²) in [5.74, 6) is -0.198. The molecule has 0 saturated heterocycles. The summed E-state index contributed by atoms with van der Waals surface area (Å²) in [6.07, 6.45) is 0. The van der Waals surface area contributed by atoms with Gasteiger partial charge in [0.25, 0.3) is 5.69 Å². The maximum Gasteiger partial charge on any atom is 0.269 e. The van der Waals surface area contributed by atoms with Crippen molar-refractivity contribution in [2.24, 2.45) is 0 Å². The average molecular weight is 340 g/mol. The van der Waals surface area contributed by atoms with Crippen molar-refractivity contribution >= 4 is 27.0 Å². The highest BCUT2D eigenvalue weighted by molar-refractivity contribution is 7.88. The number of thiophene rings is 1. The van der Waals surface area contributed by atoms with Gasteiger partial charge in [-0.05, 0) is 33.9 Å². The van der Waals surface area contributed by atoms with Crippen LogP contribution in [0.1, 0.15) is 24.0 Å². The summed E-state index contributed by atoms with van der Waals surface area (Å²) in [5, 5.41) is 14.6. The molecule has 2 aromatic rings. The van der Waals surface area contributed by atoms with Gasteiger partial charge in [0, 0.05) is 18.7 Å². The van der Waals surface area contributed by atoms with Crippen molar-refractivity contribution in [3.8, 4) is 0 Å². The van der Waals surface area contributed by atoms with Gasteiger partial charge < -0.3 is 0 Å². The van der Waals surface area contributed by atoms with Gasteiger partial charge in [-0.15, -0.1) is 0 Å². The second-order valence-corrected chi connectivity index (χ2v) is 7.58. The number of hydrogen-bond donors (Lipinski definition) is 1. The Balaban J connectivity index is 1.99. The molecule has 0 aliphatic carbocycles. The van der Waals surface area contributed by atoms with E-state index in [0.717, 1.165) is 5.56 Å². The monoisotopic (exact) mass is 340 g/mol. The van der Waals surface area contributed by atoms with Crippen molar-refractivity contribution in [3.05, 3.63) is 62.3 Å². The second kappa shape index (κ2) is 6.99. The molecule has 0 radical (unpaired) electrons. The highest BCUT2D eigenvalue weighted by Gasteiger charge is 2.16. The molecular formula is C14H16N2O4S2. The summed E-state index contributed by atoms with van der Waals surface area (Å²) < 4.78 is 26.7. The quantitative estimate of drug-likeness (QED) is 0.620. The minimum Gasteiger partial charge on any atom is -0.258 e. The third kappa shape index (κ3) is 4.62. The fourth-order valence-electron chi connectivity index (χ4n) is 1.96. The van der Waals surface area contributed by atoms with E-state index in [1.54, 1.807) is 17.4 Å². The first-order valence-corrected chi connectivity index (χ1v) is 9.19. The van der Waals surface area contributed by atoms with Crippen molar-refractivity contribution in [1.82, 2.24) is 4.72 Å². The minimum atomic E-state index is -3.53. The van der Waals surface area contributed by atoms with Crippen LogP contribution in [-0.4, -0.2) is 19.9 Å². The lowest BCUT2D eigenvalue weighted by Crippen LogP contribution is -2.28. The molecule has 0 saturated carbocycles. The van der Waals surface area contributed by atoms with Crippen LogP contribution in [0.25, 0.3) is 0 Å². The zero-order valence-corrected chi connectivity index (χ0v) is 13.6. The van der Waals surface area contributed by atoms with Crippen LogP contribution in [0, 0.1) is 10.1 Å². The lowest BCUT2D eigenvalue weighted by molar-refractivity contribution is -0.384. The lowest BCUT2D eigenvalue weighted by Gasteiger charge is -2.12. The molecule has 0 unspecified atom stereocenters. The molecule has 1 aromatic carbocycles. The van der Waals surface area contributed by atoms with Crippen molar-refractivity contribution in [2.75, 3.05) is 6.54 Å². The Kier molecular flexibility index (Phi) is 5.28. The second-order valence-electron chi connectivity index (χ2n) is 4.99. The largest absolute Gasteiger partial charge is 0.269 e. The zero-order chi connectivity index (χ0) is 16.2. The Labute approximate surface area is 133 Å². The first-order valence-electron chi connectivity index (χ1n) is 6.60. The highest BCUT2D eigenvalue weighted by Crippen LogP contribution is 2.18. The van der Waals surface area contributed by atoms with E-state index in [-0.39, 0.29) is 17.4 Å². The number of nitrogens with one attached hydrogen (secondary N) is 1. The molecule has 22 heavy (non-hydrogen) atoms. The molecule has 0 fully saturated rings. The van der Waals surface area contributed by atoms with E-state index >= 15 is 0 Å². The maximum absolute atomic E-state index is 12.1. The van der Waals surface area contributed by atoms with Crippen LogP contribution in [0.3, 0.4) is 0 Å². The SMILES string of the molecule is C[C@H](CNS(=O)(=O)Cc1cccc([N+](=O)[O-])c1)c1ccsc1. The van der Waals surface area contributed by atoms with Gasteiger partial charge in [-0.2, -0.15) is 11.3 Å². The molecule has 1 atom stereocenters. The number of nitro groups is 1. The smallest absolute Gasteiger partial charge is 0.258 e. The Morgan fingerprint density at radius 3 is 2.77 bits per heavy atom. The van der Waals surface area contributed by atoms with Crippen LogP contribution in [-0.2, 0) is 15.8 Å². The van der Waals surface area contributed by atoms with E-state index < -0.39 is 14.9 Å². The van der Waals surface area contributed by atoms with Crippen molar-refractivity contribution < 1.29 is 13.3 Å². The van der Waals surface area contributed by atoms with E-state index in [2.05, 4.69) is 4.72 Å². The predicted molar refractivity (Wildman–Crippen MR) is 86.5 cm³/mol. The van der Waals surface area contributed by atoms with Gasteiger partial charge in [0.05, 0.1) is 10.7 Å². The molecule has 0 aliphatic heterocycles. The number of non-ortho nitro benzene ring substituents is 1. The molecule has 0 spiro atoms. The van der Waals surface area contributed by atoms with Crippen LogP contribution < -0.4 is 4.72 Å². The number of nitro benzene ring substituents is 1. The summed E-state index contributed by atoms with van der Waals surface area (Å²) in [6, 6.07) is 7.62. The minimum absolute atomic E-state index is 0.0751. The van der Waals surface area contributed by atoms with Gasteiger partial charge in [-0.3, -0.25) is 10.1 Å². The molecule has 0 aliphatic rings. The predicted octanol–water partition coefficient (Wildman–Crippen LogP) is 2.88. The van der Waals surface area contributed by atoms with Gasteiger partial charge in [-0.1, -0.05) is 19.1 Å². The zero-order valence-electron chi connectivity index (χ0n) is 11.9. The van der Waals surface area contributed by atoms with Crippen LogP contribution >= 0.6 is 11.3 Å². The number of nitrogens with zero attached hydrogens (tertiary/aromatic N) is 1. The molecule has 0 bridgehead atoms. The highest BCUT2D eigenvalue weighted by atomic mass is 32.2. The Hall–Kier alpha value is -1.77. The summed E-state index contributed by atoms with van der Waals surface area (Å²) in [6.45, 7) is 2.24. The van der Waals surface area contributed by atoms with Gasteiger partial charge in [-0.25, -0.2) is 13.1 Å². The molecule has 118 valence electrons. The van der Waals surface area contributed by atoms with Gasteiger partial charge >= 0.3 is 0 Å². The normalized spacial score (nSPS) is 13.0. The number of hydrogen-bond acceptors (Lipinski definition) is 5. The van der Waals surface area contributed by atoms with Gasteiger partial charge in [0.1, 0.15) is 0 Å².